The molecule has 0 heterocycles. The van der Waals surface area contributed by atoms with Gasteiger partial charge in [-0.15, -0.1) is 0 Å². The molecule has 0 saturated carbocycles. The first-order valence-electron chi connectivity index (χ1n) is 36.5. The summed E-state index contributed by atoms with van der Waals surface area (Å²) in [4.78, 5) is 58.5. The molecule has 0 aliphatic rings. The maximum Gasteiger partial charge on any atom is 0.472 e. The number of carbonyl (C=O) groups excluding carboxylic acids is 3. The SMILES string of the molecule is CC/C=C\C/C=C\C/C=C\C/C=C\CCCCCCC(=O)OCC(COP(=O)(O)OCC(O)COP(=O)(O)OCC(O)COC(=O)CCCCCCCCCCCCC/C=C\C/C=C\C/C=C\C/C=C\CCCCC)OC(=O)CCCCCCC/C=C\C/C=C\C/C=C\CC. The molecule has 544 valence electrons. The zero-order valence-corrected chi connectivity index (χ0v) is 60.8. The van der Waals surface area contributed by atoms with Crippen molar-refractivity contribution in [1.82, 2.24) is 0 Å². The van der Waals surface area contributed by atoms with Gasteiger partial charge in [0.25, 0.3) is 0 Å². The van der Waals surface area contributed by atoms with Gasteiger partial charge in [0.1, 0.15) is 25.4 Å². The molecule has 95 heavy (non-hydrogen) atoms. The minimum atomic E-state index is -4.94. The summed E-state index contributed by atoms with van der Waals surface area (Å²) in [6.07, 6.45) is 82.2. The standard InChI is InChI=1S/C77H130O16P2/c1-4-7-10-13-16-19-22-25-28-30-31-32-33-34-35-36-37-38-39-41-44-45-48-51-54-57-60-63-75(80)87-66-72(78)67-89-94(83,84)90-68-73(79)69-91-95(85,86)92-71-74(93-77(82)65-62-59-56-53-50-47-42-27-24-21-18-15-12-9-6-3)70-88-76(81)64-61-58-55-52-49-46-43-40-29-26-23-20-17-14-11-8-5-2/h8-9,11-12,16-21,25-29,31-32,34-35,42-43,46,72-74,78-79H,4-7,10,13-15,22-24,30,33,36-41,44-45,47-71H2,1-3H3,(H,83,84)(H,85,86)/b11-8-,12-9-,19-16-,20-17-,21-18-,28-25-,29-26-,32-31-,35-34-,42-27-,46-43-. The highest BCUT2D eigenvalue weighted by Crippen LogP contribution is 2.45. The summed E-state index contributed by atoms with van der Waals surface area (Å²) < 4.78 is 60.9. The number of phosphoric acid groups is 2. The second-order valence-corrected chi connectivity index (χ2v) is 26.9. The lowest BCUT2D eigenvalue weighted by Crippen LogP contribution is -2.30. The van der Waals surface area contributed by atoms with Gasteiger partial charge in [-0.05, 0) is 135 Å². The number of hydrogen-bond donors (Lipinski definition) is 4. The van der Waals surface area contributed by atoms with Gasteiger partial charge in [-0.2, -0.15) is 0 Å². The second kappa shape index (κ2) is 69.6. The molecule has 0 aliphatic carbocycles. The van der Waals surface area contributed by atoms with Crippen LogP contribution in [0.2, 0.25) is 0 Å². The van der Waals surface area contributed by atoms with Gasteiger partial charge in [-0.1, -0.05) is 257 Å². The Balaban J connectivity index is 4.57. The highest BCUT2D eigenvalue weighted by molar-refractivity contribution is 7.47. The van der Waals surface area contributed by atoms with Crippen LogP contribution >= 0.6 is 15.6 Å². The van der Waals surface area contributed by atoms with E-state index in [2.05, 4.69) is 154 Å². The maximum absolute atomic E-state index is 12.9. The summed E-state index contributed by atoms with van der Waals surface area (Å²) in [5.41, 5.74) is 0. The minimum absolute atomic E-state index is 0.0757. The molecule has 0 aromatic heterocycles. The Kier molecular flexibility index (Phi) is 66.4. The maximum atomic E-state index is 12.9. The number of carbonyl (C=O) groups is 3. The van der Waals surface area contributed by atoms with Gasteiger partial charge < -0.3 is 34.2 Å². The van der Waals surface area contributed by atoms with Crippen LogP contribution in [-0.4, -0.2) is 95.9 Å². The molecule has 5 unspecified atom stereocenters. The molecule has 5 atom stereocenters. The van der Waals surface area contributed by atoms with Gasteiger partial charge in [-0.3, -0.25) is 32.5 Å². The number of hydrogen-bond acceptors (Lipinski definition) is 14. The lowest BCUT2D eigenvalue weighted by atomic mass is 10.0. The molecule has 0 fully saturated rings. The van der Waals surface area contributed by atoms with Crippen LogP contribution in [0.1, 0.15) is 278 Å². The van der Waals surface area contributed by atoms with Crippen LogP contribution in [0, 0.1) is 0 Å². The number of phosphoric ester groups is 2. The molecule has 0 spiro atoms. The summed E-state index contributed by atoms with van der Waals surface area (Å²) in [6.45, 7) is 2.36. The van der Waals surface area contributed by atoms with Crippen molar-refractivity contribution in [2.75, 3.05) is 39.6 Å². The van der Waals surface area contributed by atoms with Gasteiger partial charge in [0.15, 0.2) is 6.10 Å². The summed E-state index contributed by atoms with van der Waals surface area (Å²) in [5.74, 6) is -1.63. The highest BCUT2D eigenvalue weighted by atomic mass is 31.2. The van der Waals surface area contributed by atoms with Crippen molar-refractivity contribution >= 4 is 33.6 Å². The zero-order valence-electron chi connectivity index (χ0n) is 59.0. The first kappa shape index (κ1) is 90.7. The average Bonchev–Trinajstić information content (AvgIpc) is 2.44. The number of unbranched alkanes of at least 4 members (excludes halogenated alkanes) is 23. The average molecular weight is 1370 g/mol. The molecule has 0 saturated heterocycles. The zero-order chi connectivity index (χ0) is 69.5. The van der Waals surface area contributed by atoms with Gasteiger partial charge in [0.05, 0.1) is 26.4 Å². The topological polar surface area (TPSA) is 231 Å². The van der Waals surface area contributed by atoms with E-state index in [1.54, 1.807) is 0 Å². The number of rotatable bonds is 68. The fourth-order valence-electron chi connectivity index (χ4n) is 9.32. The predicted molar refractivity (Wildman–Crippen MR) is 390 cm³/mol. The molecule has 0 rings (SSSR count). The van der Waals surface area contributed by atoms with Crippen LogP contribution < -0.4 is 0 Å². The van der Waals surface area contributed by atoms with E-state index in [0.29, 0.717) is 19.3 Å². The normalized spacial score (nSPS) is 14.9. The van der Waals surface area contributed by atoms with Crippen molar-refractivity contribution in [3.63, 3.8) is 0 Å². The lowest BCUT2D eigenvalue weighted by molar-refractivity contribution is -0.161. The van der Waals surface area contributed by atoms with Crippen molar-refractivity contribution in [2.24, 2.45) is 0 Å². The molecule has 4 N–H and O–H groups in total. The van der Waals surface area contributed by atoms with Crippen LogP contribution in [0.25, 0.3) is 0 Å². The van der Waals surface area contributed by atoms with Crippen molar-refractivity contribution in [1.29, 1.82) is 0 Å². The first-order valence-corrected chi connectivity index (χ1v) is 39.5. The van der Waals surface area contributed by atoms with E-state index in [1.807, 2.05) is 0 Å². The van der Waals surface area contributed by atoms with E-state index < -0.39 is 91.5 Å². The first-order chi connectivity index (χ1) is 46.2. The van der Waals surface area contributed by atoms with Crippen LogP contribution in [0.5, 0.6) is 0 Å². The molecule has 0 aromatic rings. The Labute approximate surface area is 575 Å². The molecular formula is C77H130O16P2. The number of allylic oxidation sites excluding steroid dienone is 22. The third kappa shape index (κ3) is 70.8. The van der Waals surface area contributed by atoms with E-state index in [9.17, 15) is 43.5 Å². The van der Waals surface area contributed by atoms with Gasteiger partial charge >= 0.3 is 33.6 Å². The summed E-state index contributed by atoms with van der Waals surface area (Å²) in [5, 5.41) is 20.6. The Morgan fingerprint density at radius 2 is 0.558 bits per heavy atom. The molecule has 18 heteroatoms. The Hall–Kier alpha value is -4.31. The second-order valence-electron chi connectivity index (χ2n) is 24.0. The fraction of sp³-hybridized carbons (Fsp3) is 0.675. The van der Waals surface area contributed by atoms with Crippen LogP contribution in [0.3, 0.4) is 0 Å². The largest absolute Gasteiger partial charge is 0.472 e. The van der Waals surface area contributed by atoms with Crippen LogP contribution in [0.4, 0.5) is 0 Å². The van der Waals surface area contributed by atoms with E-state index in [-0.39, 0.29) is 19.3 Å². The van der Waals surface area contributed by atoms with E-state index >= 15 is 0 Å². The molecule has 0 amide bonds. The molecule has 0 bridgehead atoms. The third-order valence-electron chi connectivity index (χ3n) is 14.8. The summed E-state index contributed by atoms with van der Waals surface area (Å²) >= 11 is 0. The molecular weight excluding hydrogens is 1240 g/mol. The summed E-state index contributed by atoms with van der Waals surface area (Å²) in [7, 11) is -9.80. The smallest absolute Gasteiger partial charge is 0.463 e. The van der Waals surface area contributed by atoms with Crippen molar-refractivity contribution in [2.45, 2.75) is 296 Å². The Morgan fingerprint density at radius 1 is 0.305 bits per heavy atom. The van der Waals surface area contributed by atoms with E-state index in [1.165, 1.54) is 70.6 Å². The molecule has 0 radical (unpaired) electrons. The molecule has 16 nitrogen and oxygen atoms in total. The quantitative estimate of drug-likeness (QED) is 0.0146. The molecule has 0 aromatic carbocycles. The lowest BCUT2D eigenvalue weighted by Gasteiger charge is -2.21. The van der Waals surface area contributed by atoms with Gasteiger partial charge in [0, 0.05) is 19.3 Å². The number of aliphatic hydroxyl groups is 2. The minimum Gasteiger partial charge on any atom is -0.463 e. The Morgan fingerprint density at radius 3 is 0.884 bits per heavy atom. The Bertz CT molecular complexity index is 2260. The number of esters is 3. The van der Waals surface area contributed by atoms with Crippen molar-refractivity contribution < 1.29 is 75.8 Å². The van der Waals surface area contributed by atoms with E-state index in [4.69, 9.17) is 32.3 Å². The molecule has 0 aliphatic heterocycles. The number of aliphatic hydroxyl groups excluding tert-OH is 2. The highest BCUT2D eigenvalue weighted by Gasteiger charge is 2.29. The van der Waals surface area contributed by atoms with Gasteiger partial charge in [-0.25, -0.2) is 9.13 Å². The third-order valence-corrected chi connectivity index (χ3v) is 16.7. The van der Waals surface area contributed by atoms with Crippen molar-refractivity contribution in [3.8, 4) is 0 Å². The predicted octanol–water partition coefficient (Wildman–Crippen LogP) is 20.8. The van der Waals surface area contributed by atoms with E-state index in [0.717, 1.165) is 148 Å². The van der Waals surface area contributed by atoms with Crippen LogP contribution in [0.15, 0.2) is 134 Å². The fourth-order valence-corrected chi connectivity index (χ4v) is 10.9. The van der Waals surface area contributed by atoms with Crippen molar-refractivity contribution in [3.05, 3.63) is 134 Å². The number of ether oxygens (including phenoxy) is 3. The van der Waals surface area contributed by atoms with Crippen LogP contribution in [-0.2, 0) is 55.8 Å². The van der Waals surface area contributed by atoms with Gasteiger partial charge in [0.2, 0.25) is 0 Å². The monoisotopic (exact) mass is 1370 g/mol. The summed E-state index contributed by atoms with van der Waals surface area (Å²) in [6, 6.07) is 0.